The van der Waals surface area contributed by atoms with Crippen LogP contribution in [0.25, 0.3) is 21.7 Å². The molecule has 1 N–H and O–H groups in total. The maximum absolute atomic E-state index is 14.9. The van der Waals surface area contributed by atoms with Crippen LogP contribution in [0, 0.1) is 18.7 Å². The van der Waals surface area contributed by atoms with Crippen molar-refractivity contribution < 1.29 is 9.13 Å². The number of H-pyrrole nitrogens is 1. The minimum atomic E-state index is -0.638. The molecule has 0 radical (unpaired) electrons. The van der Waals surface area contributed by atoms with Crippen LogP contribution in [0.2, 0.25) is 5.02 Å². The van der Waals surface area contributed by atoms with E-state index in [1.165, 1.54) is 0 Å². The minimum Gasteiger partial charge on any atom is -0.489 e. The van der Waals surface area contributed by atoms with Crippen molar-refractivity contribution in [3.63, 3.8) is 0 Å². The number of fused-ring (bicyclic) bond motifs is 3. The Bertz CT molecular complexity index is 998. The molecule has 4 nitrogen and oxygen atoms in total. The van der Waals surface area contributed by atoms with Gasteiger partial charge < -0.3 is 9.72 Å². The van der Waals surface area contributed by atoms with Crippen LogP contribution >= 0.6 is 11.6 Å². The lowest BCUT2D eigenvalue weighted by Gasteiger charge is -2.13. The van der Waals surface area contributed by atoms with E-state index >= 15 is 0 Å². The number of aromatic amines is 1. The van der Waals surface area contributed by atoms with Crippen LogP contribution < -0.4 is 10.3 Å². The van der Waals surface area contributed by atoms with Crippen molar-refractivity contribution in [3.05, 3.63) is 45.2 Å². The summed E-state index contributed by atoms with van der Waals surface area (Å²) in [6.45, 7) is 6.36. The molecule has 0 aliphatic rings. The van der Waals surface area contributed by atoms with E-state index in [1.807, 2.05) is 0 Å². The molecule has 0 aliphatic carbocycles. The molecular formula is C19H20ClFN2O2. The number of hydrogen-bond acceptors (Lipinski definition) is 3. The van der Waals surface area contributed by atoms with E-state index in [-0.39, 0.29) is 21.8 Å². The number of aromatic nitrogens is 2. The van der Waals surface area contributed by atoms with Gasteiger partial charge in [0.2, 0.25) is 0 Å². The van der Waals surface area contributed by atoms with Crippen molar-refractivity contribution in [2.45, 2.75) is 33.6 Å². The van der Waals surface area contributed by atoms with E-state index in [2.05, 4.69) is 23.8 Å². The standard InChI is InChI=1S/C19H20ClFN2O2/c1-10(2)5-4-8-25-18-14(20)9-13-12-6-7-22-11(3)15(12)19(24)23-17(13)16(18)21/h6-7,9-10H,4-5,8H2,1-3H3,(H,23,24). The summed E-state index contributed by atoms with van der Waals surface area (Å²) < 4.78 is 20.5. The van der Waals surface area contributed by atoms with Crippen molar-refractivity contribution in [1.29, 1.82) is 0 Å². The van der Waals surface area contributed by atoms with Crippen molar-refractivity contribution in [3.8, 4) is 5.75 Å². The Morgan fingerprint density at radius 1 is 1.36 bits per heavy atom. The number of hydrogen-bond donors (Lipinski definition) is 1. The Hall–Kier alpha value is -2.14. The fourth-order valence-electron chi connectivity index (χ4n) is 2.99. The maximum Gasteiger partial charge on any atom is 0.258 e. The third-order valence-corrected chi connectivity index (χ3v) is 4.53. The van der Waals surface area contributed by atoms with Gasteiger partial charge in [0.25, 0.3) is 5.56 Å². The van der Waals surface area contributed by atoms with Crippen LogP contribution in [-0.4, -0.2) is 16.6 Å². The van der Waals surface area contributed by atoms with Gasteiger partial charge in [0.1, 0.15) is 0 Å². The van der Waals surface area contributed by atoms with Crippen LogP contribution in [0.1, 0.15) is 32.4 Å². The normalized spacial score (nSPS) is 11.6. The molecule has 25 heavy (non-hydrogen) atoms. The summed E-state index contributed by atoms with van der Waals surface area (Å²) in [6, 6.07) is 3.33. The lowest BCUT2D eigenvalue weighted by molar-refractivity contribution is 0.285. The summed E-state index contributed by atoms with van der Waals surface area (Å²) in [7, 11) is 0. The molecule has 2 aromatic heterocycles. The SMILES string of the molecule is Cc1nccc2c1c(=O)[nH]c1c(F)c(OCCCC(C)C)c(Cl)cc12. The topological polar surface area (TPSA) is 55.0 Å². The molecule has 0 spiro atoms. The van der Waals surface area contributed by atoms with Gasteiger partial charge in [-0.1, -0.05) is 25.4 Å². The third-order valence-electron chi connectivity index (χ3n) is 4.24. The molecule has 0 amide bonds. The number of halogens is 2. The highest BCUT2D eigenvalue weighted by Crippen LogP contribution is 2.35. The zero-order valence-corrected chi connectivity index (χ0v) is 15.2. The molecule has 0 saturated carbocycles. The van der Waals surface area contributed by atoms with Gasteiger partial charge in [-0.25, -0.2) is 4.39 Å². The van der Waals surface area contributed by atoms with E-state index in [9.17, 15) is 9.18 Å². The molecule has 132 valence electrons. The smallest absolute Gasteiger partial charge is 0.258 e. The van der Waals surface area contributed by atoms with Crippen LogP contribution in [0.5, 0.6) is 5.75 Å². The summed E-state index contributed by atoms with van der Waals surface area (Å²) in [6.07, 6.45) is 3.39. The van der Waals surface area contributed by atoms with Crippen molar-refractivity contribution >= 4 is 33.3 Å². The van der Waals surface area contributed by atoms with Gasteiger partial charge in [0, 0.05) is 17.0 Å². The summed E-state index contributed by atoms with van der Waals surface area (Å²) in [4.78, 5) is 19.1. The molecule has 1 aromatic carbocycles. The van der Waals surface area contributed by atoms with Gasteiger partial charge in [-0.05, 0) is 37.8 Å². The zero-order chi connectivity index (χ0) is 18.1. The Balaban J connectivity index is 2.11. The fraction of sp³-hybridized carbons (Fsp3) is 0.368. The molecule has 0 fully saturated rings. The minimum absolute atomic E-state index is 0.0151. The van der Waals surface area contributed by atoms with Gasteiger partial charge in [0.05, 0.1) is 28.2 Å². The second-order valence-electron chi connectivity index (χ2n) is 6.58. The molecular weight excluding hydrogens is 343 g/mol. The summed E-state index contributed by atoms with van der Waals surface area (Å²) in [5.74, 6) is -0.0979. The van der Waals surface area contributed by atoms with Gasteiger partial charge in [-0.2, -0.15) is 0 Å². The first-order chi connectivity index (χ1) is 11.9. The largest absolute Gasteiger partial charge is 0.489 e. The zero-order valence-electron chi connectivity index (χ0n) is 14.5. The van der Waals surface area contributed by atoms with Gasteiger partial charge in [0.15, 0.2) is 11.6 Å². The van der Waals surface area contributed by atoms with Crippen molar-refractivity contribution in [2.24, 2.45) is 5.92 Å². The third kappa shape index (κ3) is 3.33. The molecule has 6 heteroatoms. The number of pyridine rings is 2. The van der Waals surface area contributed by atoms with Gasteiger partial charge >= 0.3 is 0 Å². The monoisotopic (exact) mass is 362 g/mol. The molecule has 0 saturated heterocycles. The summed E-state index contributed by atoms with van der Waals surface area (Å²) in [5.41, 5.74) is 0.317. The first-order valence-electron chi connectivity index (χ1n) is 8.32. The van der Waals surface area contributed by atoms with Crippen LogP contribution in [0.15, 0.2) is 23.1 Å². The summed E-state index contributed by atoms with van der Waals surface area (Å²) in [5, 5.41) is 1.80. The number of rotatable bonds is 5. The number of nitrogens with one attached hydrogen (secondary N) is 1. The fourth-order valence-corrected chi connectivity index (χ4v) is 3.23. The number of benzene rings is 1. The van der Waals surface area contributed by atoms with Crippen molar-refractivity contribution in [2.75, 3.05) is 6.61 Å². The molecule has 0 aliphatic heterocycles. The van der Waals surface area contributed by atoms with Gasteiger partial charge in [-0.3, -0.25) is 9.78 Å². The average molecular weight is 363 g/mol. The Morgan fingerprint density at radius 2 is 2.12 bits per heavy atom. The molecule has 0 atom stereocenters. The lowest BCUT2D eigenvalue weighted by atomic mass is 10.1. The Labute approximate surface area is 150 Å². The molecule has 0 unspecified atom stereocenters. The Morgan fingerprint density at radius 3 is 2.84 bits per heavy atom. The average Bonchev–Trinajstić information content (AvgIpc) is 2.55. The predicted octanol–water partition coefficient (Wildman–Crippen LogP) is 4.99. The van der Waals surface area contributed by atoms with E-state index in [0.717, 1.165) is 12.8 Å². The highest BCUT2D eigenvalue weighted by atomic mass is 35.5. The van der Waals surface area contributed by atoms with E-state index in [4.69, 9.17) is 16.3 Å². The second kappa shape index (κ2) is 7.00. The first kappa shape index (κ1) is 17.7. The molecule has 3 aromatic rings. The molecule has 3 rings (SSSR count). The number of aryl methyl sites for hydroxylation is 1. The van der Waals surface area contributed by atoms with Crippen LogP contribution in [0.4, 0.5) is 4.39 Å². The van der Waals surface area contributed by atoms with Crippen LogP contribution in [0.3, 0.4) is 0 Å². The van der Waals surface area contributed by atoms with Crippen LogP contribution in [-0.2, 0) is 0 Å². The van der Waals surface area contributed by atoms with E-state index < -0.39 is 5.82 Å². The predicted molar refractivity (Wildman–Crippen MR) is 99.1 cm³/mol. The van der Waals surface area contributed by atoms with E-state index in [0.29, 0.717) is 34.4 Å². The second-order valence-corrected chi connectivity index (χ2v) is 6.99. The Kier molecular flexibility index (Phi) is 4.95. The van der Waals surface area contributed by atoms with E-state index in [1.54, 1.807) is 25.3 Å². The first-order valence-corrected chi connectivity index (χ1v) is 8.70. The van der Waals surface area contributed by atoms with Crippen molar-refractivity contribution in [1.82, 2.24) is 9.97 Å². The molecule has 2 heterocycles. The lowest BCUT2D eigenvalue weighted by Crippen LogP contribution is -2.10. The maximum atomic E-state index is 14.9. The quantitative estimate of drug-likeness (QED) is 0.513. The molecule has 0 bridgehead atoms. The number of ether oxygens (including phenoxy) is 1. The summed E-state index contributed by atoms with van der Waals surface area (Å²) >= 11 is 6.26. The highest BCUT2D eigenvalue weighted by molar-refractivity contribution is 6.33. The van der Waals surface area contributed by atoms with Gasteiger partial charge in [-0.15, -0.1) is 0 Å². The number of nitrogens with zero attached hydrogens (tertiary/aromatic N) is 1. The highest BCUT2D eigenvalue weighted by Gasteiger charge is 2.18.